The van der Waals surface area contributed by atoms with Crippen LogP contribution in [-0.2, 0) is 6.18 Å². The molecule has 1 saturated heterocycles. The van der Waals surface area contributed by atoms with Crippen molar-refractivity contribution in [3.05, 3.63) is 54.4 Å². The van der Waals surface area contributed by atoms with E-state index < -0.39 is 11.7 Å². The minimum Gasteiger partial charge on any atom is -0.354 e. The quantitative estimate of drug-likeness (QED) is 0.507. The zero-order valence-electron chi connectivity index (χ0n) is 15.6. The largest absolute Gasteiger partial charge is 0.418 e. The highest BCUT2D eigenvalue weighted by molar-refractivity contribution is 5.96. The van der Waals surface area contributed by atoms with Crippen LogP contribution < -0.4 is 10.2 Å². The molecule has 11 heteroatoms. The molecule has 0 radical (unpaired) electrons. The minimum atomic E-state index is -4.44. The van der Waals surface area contributed by atoms with Gasteiger partial charge in [0.2, 0.25) is 0 Å². The Hall–Kier alpha value is -1.51. The van der Waals surface area contributed by atoms with Crippen molar-refractivity contribution in [3.8, 4) is 11.1 Å². The topological polar surface area (TPSA) is 41.1 Å². The molecule has 0 amide bonds. The van der Waals surface area contributed by atoms with Crippen LogP contribution in [0.5, 0.6) is 0 Å². The number of halogens is 7. The van der Waals surface area contributed by atoms with Crippen LogP contribution in [-0.4, -0.2) is 36.1 Å². The van der Waals surface area contributed by atoms with Gasteiger partial charge in [-0.15, -0.1) is 49.6 Å². The number of pyridine rings is 2. The molecule has 0 saturated carbocycles. The number of benzene rings is 1. The van der Waals surface area contributed by atoms with Crippen LogP contribution in [0, 0.1) is 0 Å². The van der Waals surface area contributed by atoms with Crippen molar-refractivity contribution in [2.45, 2.75) is 6.18 Å². The smallest absolute Gasteiger partial charge is 0.354 e. The lowest BCUT2D eigenvalue weighted by molar-refractivity contribution is -0.136. The van der Waals surface area contributed by atoms with Crippen LogP contribution in [0.4, 0.5) is 19.0 Å². The highest BCUT2D eigenvalue weighted by Gasteiger charge is 2.33. The van der Waals surface area contributed by atoms with E-state index in [9.17, 15) is 13.2 Å². The SMILES string of the molecule is Cl.Cl.Cl.Cl.FC(F)(F)c1ccc(-c2ccnc(N3CCNCC3)c2)c2cccnc12. The fourth-order valence-corrected chi connectivity index (χ4v) is 3.31. The van der Waals surface area contributed by atoms with Gasteiger partial charge in [-0.05, 0) is 35.4 Å². The molecule has 3 aromatic rings. The summed E-state index contributed by atoms with van der Waals surface area (Å²) < 4.78 is 39.9. The van der Waals surface area contributed by atoms with Gasteiger partial charge in [-0.1, -0.05) is 12.1 Å². The molecule has 1 aliphatic rings. The van der Waals surface area contributed by atoms with Gasteiger partial charge in [0, 0.05) is 44.0 Å². The van der Waals surface area contributed by atoms with Gasteiger partial charge in [0.25, 0.3) is 0 Å². The summed E-state index contributed by atoms with van der Waals surface area (Å²) in [7, 11) is 0. The van der Waals surface area contributed by atoms with E-state index >= 15 is 0 Å². The number of rotatable bonds is 2. The Bertz CT molecular complexity index is 950. The second-order valence-corrected chi connectivity index (χ2v) is 6.20. The van der Waals surface area contributed by atoms with E-state index in [-0.39, 0.29) is 55.1 Å². The highest BCUT2D eigenvalue weighted by Crippen LogP contribution is 2.38. The summed E-state index contributed by atoms with van der Waals surface area (Å²) in [6.45, 7) is 3.48. The Morgan fingerprint density at radius 1 is 0.867 bits per heavy atom. The van der Waals surface area contributed by atoms with Gasteiger partial charge in [-0.25, -0.2) is 4.98 Å². The predicted molar refractivity (Wildman–Crippen MR) is 124 cm³/mol. The third-order valence-electron chi connectivity index (χ3n) is 4.57. The number of nitrogens with zero attached hydrogens (tertiary/aromatic N) is 3. The van der Waals surface area contributed by atoms with Crippen molar-refractivity contribution in [2.24, 2.45) is 0 Å². The van der Waals surface area contributed by atoms with E-state index in [1.54, 1.807) is 18.3 Å². The summed E-state index contributed by atoms with van der Waals surface area (Å²) in [5.74, 6) is 0.834. The van der Waals surface area contributed by atoms with E-state index in [1.165, 1.54) is 12.3 Å². The summed E-state index contributed by atoms with van der Waals surface area (Å²) in [4.78, 5) is 10.6. The van der Waals surface area contributed by atoms with Crippen LogP contribution in [0.15, 0.2) is 48.8 Å². The van der Waals surface area contributed by atoms with Crippen molar-refractivity contribution in [2.75, 3.05) is 31.1 Å². The van der Waals surface area contributed by atoms with E-state index in [0.29, 0.717) is 5.39 Å². The summed E-state index contributed by atoms with van der Waals surface area (Å²) in [5.41, 5.74) is 0.811. The van der Waals surface area contributed by atoms with Crippen molar-refractivity contribution in [1.82, 2.24) is 15.3 Å². The molecule has 166 valence electrons. The second-order valence-electron chi connectivity index (χ2n) is 6.20. The first-order chi connectivity index (χ1) is 12.5. The molecule has 0 spiro atoms. The molecule has 1 aromatic carbocycles. The molecule has 1 aliphatic heterocycles. The number of hydrogen-bond donors (Lipinski definition) is 1. The van der Waals surface area contributed by atoms with Gasteiger partial charge in [0.1, 0.15) is 5.82 Å². The summed E-state index contributed by atoms with van der Waals surface area (Å²) in [6, 6.07) is 9.71. The Balaban J connectivity index is 0.00000210. The number of alkyl halides is 3. The molecular weight excluding hydrogens is 483 g/mol. The molecule has 30 heavy (non-hydrogen) atoms. The van der Waals surface area contributed by atoms with Crippen LogP contribution >= 0.6 is 49.6 Å². The number of piperazine rings is 1. The summed E-state index contributed by atoms with van der Waals surface area (Å²) >= 11 is 0. The van der Waals surface area contributed by atoms with Crippen molar-refractivity contribution < 1.29 is 13.2 Å². The maximum Gasteiger partial charge on any atom is 0.418 e. The normalized spacial score (nSPS) is 13.4. The number of hydrogen-bond acceptors (Lipinski definition) is 4. The highest BCUT2D eigenvalue weighted by atomic mass is 35.5. The molecule has 0 aliphatic carbocycles. The monoisotopic (exact) mass is 502 g/mol. The number of fused-ring (bicyclic) bond motifs is 1. The molecule has 2 aromatic heterocycles. The van der Waals surface area contributed by atoms with E-state index in [1.807, 2.05) is 12.1 Å². The lowest BCUT2D eigenvalue weighted by atomic mass is 9.98. The Morgan fingerprint density at radius 2 is 1.57 bits per heavy atom. The van der Waals surface area contributed by atoms with Gasteiger partial charge in [0.15, 0.2) is 0 Å². The number of nitrogens with one attached hydrogen (secondary N) is 1. The Morgan fingerprint density at radius 3 is 2.23 bits per heavy atom. The van der Waals surface area contributed by atoms with Crippen molar-refractivity contribution in [1.29, 1.82) is 0 Å². The van der Waals surface area contributed by atoms with Crippen LogP contribution in [0.2, 0.25) is 0 Å². The van der Waals surface area contributed by atoms with Gasteiger partial charge < -0.3 is 10.2 Å². The standard InChI is InChI=1S/C19H17F3N4.4ClH/c20-19(21,22)16-4-3-14(15-2-1-6-25-18(15)16)13-5-7-24-17(12-13)26-10-8-23-9-11-26;;;;/h1-7,12,23H,8-11H2;4*1H. The third-order valence-corrected chi connectivity index (χ3v) is 4.57. The van der Waals surface area contributed by atoms with E-state index in [2.05, 4.69) is 20.2 Å². The fraction of sp³-hybridized carbons (Fsp3) is 0.263. The Labute approximate surface area is 197 Å². The number of anilines is 1. The first kappa shape index (κ1) is 28.5. The Kier molecular flexibility index (Phi) is 11.2. The number of aromatic nitrogens is 2. The molecule has 1 N–H and O–H groups in total. The van der Waals surface area contributed by atoms with E-state index in [4.69, 9.17) is 0 Å². The van der Waals surface area contributed by atoms with Crippen LogP contribution in [0.3, 0.4) is 0 Å². The molecule has 1 fully saturated rings. The molecule has 3 heterocycles. The van der Waals surface area contributed by atoms with Gasteiger partial charge in [0.05, 0.1) is 11.1 Å². The summed E-state index contributed by atoms with van der Waals surface area (Å²) in [5, 5.41) is 3.78. The van der Waals surface area contributed by atoms with Crippen molar-refractivity contribution in [3.63, 3.8) is 0 Å². The first-order valence-corrected chi connectivity index (χ1v) is 8.41. The fourth-order valence-electron chi connectivity index (χ4n) is 3.31. The molecule has 0 unspecified atom stereocenters. The molecule has 0 bridgehead atoms. The second kappa shape index (κ2) is 11.8. The molecule has 4 nitrogen and oxygen atoms in total. The van der Waals surface area contributed by atoms with Gasteiger partial charge in [-0.2, -0.15) is 13.2 Å². The molecule has 0 atom stereocenters. The first-order valence-electron chi connectivity index (χ1n) is 8.41. The lowest BCUT2D eigenvalue weighted by Gasteiger charge is -2.28. The summed E-state index contributed by atoms with van der Waals surface area (Å²) in [6.07, 6.45) is -1.35. The third kappa shape index (κ3) is 5.80. The average Bonchev–Trinajstić information content (AvgIpc) is 2.67. The minimum absolute atomic E-state index is 0. The predicted octanol–water partition coefficient (Wildman–Crippen LogP) is 5.41. The zero-order valence-corrected chi connectivity index (χ0v) is 18.8. The van der Waals surface area contributed by atoms with E-state index in [0.717, 1.165) is 49.2 Å². The van der Waals surface area contributed by atoms with Gasteiger partial charge >= 0.3 is 6.18 Å². The maximum atomic E-state index is 13.3. The lowest BCUT2D eigenvalue weighted by Crippen LogP contribution is -2.43. The zero-order chi connectivity index (χ0) is 18.1. The van der Waals surface area contributed by atoms with Gasteiger partial charge in [-0.3, -0.25) is 4.98 Å². The molecule has 4 rings (SSSR count). The average molecular weight is 504 g/mol. The van der Waals surface area contributed by atoms with Crippen LogP contribution in [0.25, 0.3) is 22.0 Å². The van der Waals surface area contributed by atoms with Crippen molar-refractivity contribution >= 4 is 66.3 Å². The maximum absolute atomic E-state index is 13.3. The van der Waals surface area contributed by atoms with Crippen LogP contribution in [0.1, 0.15) is 5.56 Å². The molecular formula is C19H21Cl4F3N4.